The van der Waals surface area contributed by atoms with E-state index in [1.54, 1.807) is 6.92 Å². The molecular weight excluding hydrogens is 240 g/mol. The zero-order chi connectivity index (χ0) is 12.0. The molecule has 0 aliphatic heterocycles. The van der Waals surface area contributed by atoms with Crippen LogP contribution in [-0.2, 0) is 9.53 Å². The summed E-state index contributed by atoms with van der Waals surface area (Å²) in [7, 11) is 0. The number of esters is 1. The number of anilines is 1. The van der Waals surface area contributed by atoms with Crippen molar-refractivity contribution in [2.75, 3.05) is 11.9 Å². The molecule has 0 aromatic heterocycles. The lowest BCUT2D eigenvalue weighted by Gasteiger charge is -2.03. The molecule has 0 bridgehead atoms. The third-order valence-corrected chi connectivity index (χ3v) is 1.94. The van der Waals surface area contributed by atoms with Crippen LogP contribution in [0.1, 0.15) is 12.5 Å². The van der Waals surface area contributed by atoms with Gasteiger partial charge in [-0.15, -0.1) is 0 Å². The van der Waals surface area contributed by atoms with E-state index in [0.29, 0.717) is 12.4 Å². The predicted molar refractivity (Wildman–Crippen MR) is 62.4 cm³/mol. The summed E-state index contributed by atoms with van der Waals surface area (Å²) in [5, 5.41) is 3.01. The number of rotatable bonds is 4. The highest BCUT2D eigenvalue weighted by Gasteiger charge is 2.02. The van der Waals surface area contributed by atoms with Gasteiger partial charge < -0.3 is 28.2 Å². The molecule has 0 heterocycles. The second-order valence-electron chi connectivity index (χ2n) is 3.41. The van der Waals surface area contributed by atoms with E-state index >= 15 is 0 Å². The van der Waals surface area contributed by atoms with Crippen molar-refractivity contribution in [2.45, 2.75) is 13.8 Å². The van der Waals surface area contributed by atoms with Crippen molar-refractivity contribution in [3.05, 3.63) is 41.7 Å². The van der Waals surface area contributed by atoms with Gasteiger partial charge in [0.05, 0.1) is 6.61 Å². The Morgan fingerprint density at radius 2 is 2.00 bits per heavy atom. The first-order valence-corrected chi connectivity index (χ1v) is 5.16. The van der Waals surface area contributed by atoms with Crippen molar-refractivity contribution in [2.24, 2.45) is 0 Å². The maximum absolute atomic E-state index is 11.1. The van der Waals surface area contributed by atoms with Gasteiger partial charge in [-0.2, -0.15) is 0 Å². The average Bonchev–Trinajstić information content (AvgIpc) is 2.21. The van der Waals surface area contributed by atoms with Crippen LogP contribution in [0.25, 0.3) is 0 Å². The van der Waals surface area contributed by atoms with E-state index in [4.69, 9.17) is 4.74 Å². The average molecular weight is 257 g/mol. The molecule has 17 heavy (non-hydrogen) atoms. The maximum atomic E-state index is 11.1. The molecule has 94 valence electrons. The topological polar surface area (TPSA) is 66.0 Å². The summed E-state index contributed by atoms with van der Waals surface area (Å²) in [6, 6.07) is 7.83. The van der Waals surface area contributed by atoms with Crippen LogP contribution >= 0.6 is 0 Å². The lowest BCUT2D eigenvalue weighted by Crippen LogP contribution is -3.00. The summed E-state index contributed by atoms with van der Waals surface area (Å²) in [5.41, 5.74) is 5.81. The van der Waals surface area contributed by atoms with Crippen LogP contribution in [0.15, 0.2) is 36.2 Å². The van der Waals surface area contributed by atoms with Crippen LogP contribution < -0.4 is 23.5 Å². The number of halogens is 1. The summed E-state index contributed by atoms with van der Waals surface area (Å²) in [6.45, 7) is 4.15. The molecule has 0 saturated heterocycles. The van der Waals surface area contributed by atoms with Crippen LogP contribution in [0.4, 0.5) is 5.69 Å². The Labute approximate surface area is 107 Å². The maximum Gasteiger partial charge on any atom is 0.338 e. The molecule has 4 N–H and O–H groups in total. The Hall–Kier alpha value is -1.52. The molecule has 4 nitrogen and oxygen atoms in total. The van der Waals surface area contributed by atoms with Crippen LogP contribution in [0.5, 0.6) is 0 Å². The molecule has 0 radical (unpaired) electrons. The van der Waals surface area contributed by atoms with Crippen molar-refractivity contribution in [1.29, 1.82) is 0 Å². The molecule has 0 aliphatic carbocycles. The fraction of sp³-hybridized carbons (Fsp3) is 0.250. The first-order chi connectivity index (χ1) is 7.61. The van der Waals surface area contributed by atoms with Crippen LogP contribution in [0.3, 0.4) is 0 Å². The number of hydrogen-bond donors (Lipinski definition) is 2. The monoisotopic (exact) mass is 256 g/mol. The minimum Gasteiger partial charge on any atom is -1.00 e. The van der Waals surface area contributed by atoms with Crippen molar-refractivity contribution < 1.29 is 27.7 Å². The van der Waals surface area contributed by atoms with Gasteiger partial charge in [0.2, 0.25) is 5.82 Å². The van der Waals surface area contributed by atoms with Gasteiger partial charge in [-0.3, -0.25) is 0 Å². The summed E-state index contributed by atoms with van der Waals surface area (Å²) in [4.78, 5) is 11.1. The molecule has 5 heteroatoms. The van der Waals surface area contributed by atoms with Crippen molar-refractivity contribution in [3.63, 3.8) is 0 Å². The fourth-order valence-corrected chi connectivity index (χ4v) is 1.18. The number of ether oxygens (including phenoxy) is 1. The lowest BCUT2D eigenvalue weighted by molar-refractivity contribution is -0.299. The quantitative estimate of drug-likeness (QED) is 0.487. The van der Waals surface area contributed by atoms with E-state index in [1.165, 1.54) is 11.6 Å². The number of hydrogen-bond acceptors (Lipinski definition) is 3. The molecule has 0 atom stereocenters. The number of aryl methyl sites for hydroxylation is 1. The Kier molecular flexibility index (Phi) is 7.02. The molecule has 0 saturated carbocycles. The minimum absolute atomic E-state index is 0. The number of carbonyl (C=O) groups excluding carboxylic acids is 1. The molecule has 1 aromatic rings. The van der Waals surface area contributed by atoms with Gasteiger partial charge in [0.1, 0.15) is 6.08 Å². The summed E-state index contributed by atoms with van der Waals surface area (Å²) in [5.74, 6) is 0.134. The van der Waals surface area contributed by atoms with Gasteiger partial charge in [0, 0.05) is 5.69 Å². The van der Waals surface area contributed by atoms with E-state index in [-0.39, 0.29) is 18.4 Å². The third-order valence-electron chi connectivity index (χ3n) is 1.94. The Bertz CT molecular complexity index is 388. The smallest absolute Gasteiger partial charge is 0.338 e. The van der Waals surface area contributed by atoms with Crippen LogP contribution in [0, 0.1) is 6.92 Å². The minimum atomic E-state index is -0.382. The second-order valence-corrected chi connectivity index (χ2v) is 3.41. The number of carbonyl (C=O) groups is 1. The van der Waals surface area contributed by atoms with Gasteiger partial charge in [-0.1, -0.05) is 17.7 Å². The van der Waals surface area contributed by atoms with Crippen molar-refractivity contribution in [1.82, 2.24) is 0 Å². The predicted octanol–water partition coefficient (Wildman–Crippen LogP) is -1.94. The summed E-state index contributed by atoms with van der Waals surface area (Å²) >= 11 is 0. The van der Waals surface area contributed by atoms with Gasteiger partial charge in [0.15, 0.2) is 0 Å². The van der Waals surface area contributed by atoms with Gasteiger partial charge in [-0.05, 0) is 26.0 Å². The van der Waals surface area contributed by atoms with E-state index in [2.05, 4.69) is 11.1 Å². The first-order valence-electron chi connectivity index (χ1n) is 5.16. The first kappa shape index (κ1) is 15.5. The van der Waals surface area contributed by atoms with Crippen LogP contribution in [0.2, 0.25) is 0 Å². The highest BCUT2D eigenvalue weighted by Crippen LogP contribution is 2.09. The van der Waals surface area contributed by atoms with E-state index < -0.39 is 0 Å². The second kappa shape index (κ2) is 7.70. The molecule has 1 rings (SSSR count). The highest BCUT2D eigenvalue weighted by atomic mass is 35.5. The molecule has 0 spiro atoms. The third kappa shape index (κ3) is 5.94. The molecule has 0 aliphatic rings. The molecular formula is C12H17ClN2O2. The SMILES string of the molecule is CCOC(=O)/C=C(\[NH3+])Nc1ccc(C)cc1.[Cl-]. The van der Waals surface area contributed by atoms with E-state index in [1.807, 2.05) is 31.2 Å². The molecule has 1 aromatic carbocycles. The Morgan fingerprint density at radius 3 is 2.53 bits per heavy atom. The molecule has 0 amide bonds. The number of nitrogens with one attached hydrogen (secondary N) is 1. The molecule has 0 unspecified atom stereocenters. The van der Waals surface area contributed by atoms with E-state index in [0.717, 1.165) is 5.69 Å². The Morgan fingerprint density at radius 1 is 1.41 bits per heavy atom. The normalized spacial score (nSPS) is 10.4. The largest absolute Gasteiger partial charge is 1.00 e. The van der Waals surface area contributed by atoms with Gasteiger partial charge >= 0.3 is 5.97 Å². The Balaban J connectivity index is 0.00000256. The fourth-order valence-electron chi connectivity index (χ4n) is 1.18. The van der Waals surface area contributed by atoms with Crippen molar-refractivity contribution in [3.8, 4) is 0 Å². The molecule has 0 fully saturated rings. The number of benzene rings is 1. The zero-order valence-electron chi connectivity index (χ0n) is 10.00. The highest BCUT2D eigenvalue weighted by molar-refractivity contribution is 5.82. The number of quaternary nitrogens is 1. The summed E-state index contributed by atoms with van der Waals surface area (Å²) < 4.78 is 4.77. The zero-order valence-corrected chi connectivity index (χ0v) is 10.8. The standard InChI is InChI=1S/C12H16N2O2.ClH/c1-3-16-12(15)8-11(13)14-10-6-4-9(2)5-7-10;/h4-8,14H,3,13H2,1-2H3;1H/b11-8+;. The summed E-state index contributed by atoms with van der Waals surface area (Å²) in [6.07, 6.45) is 1.34. The van der Waals surface area contributed by atoms with Gasteiger partial charge in [0.25, 0.3) is 0 Å². The van der Waals surface area contributed by atoms with Gasteiger partial charge in [-0.25, -0.2) is 4.79 Å². The van der Waals surface area contributed by atoms with E-state index in [9.17, 15) is 4.79 Å². The van der Waals surface area contributed by atoms with Crippen LogP contribution in [-0.4, -0.2) is 12.6 Å². The lowest BCUT2D eigenvalue weighted by atomic mass is 10.2. The van der Waals surface area contributed by atoms with Crippen molar-refractivity contribution >= 4 is 11.7 Å².